The van der Waals surface area contributed by atoms with E-state index >= 15 is 0 Å². The van der Waals surface area contributed by atoms with Gasteiger partial charge in [0.15, 0.2) is 0 Å². The molecule has 1 amide bonds. The van der Waals surface area contributed by atoms with Gasteiger partial charge in [0.1, 0.15) is 6.54 Å². The Kier molecular flexibility index (Phi) is 3.89. The summed E-state index contributed by atoms with van der Waals surface area (Å²) in [5.74, 6) is -0.700. The molecule has 1 aliphatic rings. The van der Waals surface area contributed by atoms with Crippen LogP contribution in [0.5, 0.6) is 0 Å². The number of anilines is 1. The number of Topliss-reactive ketones (excluding diaryl/α,β-unsaturated/α-hetero) is 1. The van der Waals surface area contributed by atoms with Crippen LogP contribution in [0.25, 0.3) is 11.5 Å². The number of halogens is 2. The van der Waals surface area contributed by atoms with Crippen LogP contribution in [-0.4, -0.2) is 21.9 Å². The maximum absolute atomic E-state index is 12.3. The summed E-state index contributed by atoms with van der Waals surface area (Å²) < 4.78 is 6.34. The highest BCUT2D eigenvalue weighted by molar-refractivity contribution is 9.10. The lowest BCUT2D eigenvalue weighted by atomic mass is 10.1. The molecule has 2 aromatic carbocycles. The van der Waals surface area contributed by atoms with Crippen molar-refractivity contribution in [2.45, 2.75) is 6.54 Å². The third kappa shape index (κ3) is 2.75. The lowest BCUT2D eigenvalue weighted by Gasteiger charge is -2.13. The average Bonchev–Trinajstić information content (AvgIpc) is 3.15. The zero-order valence-electron chi connectivity index (χ0n) is 12.6. The smallest absolute Gasteiger partial charge is 0.299 e. The second-order valence-corrected chi connectivity index (χ2v) is 6.69. The molecule has 4 rings (SSSR count). The number of hydrogen-bond donors (Lipinski definition) is 0. The lowest BCUT2D eigenvalue weighted by molar-refractivity contribution is -0.114. The van der Waals surface area contributed by atoms with Gasteiger partial charge in [-0.3, -0.25) is 14.5 Å². The number of amides is 1. The molecular weight excluding hydrogens is 410 g/mol. The summed E-state index contributed by atoms with van der Waals surface area (Å²) in [5, 5.41) is 8.42. The fourth-order valence-corrected chi connectivity index (χ4v) is 3.20. The number of hydrogen-bond acceptors (Lipinski definition) is 5. The molecular formula is C17H9BrClN3O3. The molecule has 1 aromatic heterocycles. The molecule has 0 aliphatic carbocycles. The molecule has 0 N–H and O–H groups in total. The van der Waals surface area contributed by atoms with Crippen molar-refractivity contribution in [3.8, 4) is 11.5 Å². The van der Waals surface area contributed by atoms with Crippen LogP contribution >= 0.6 is 27.5 Å². The molecule has 124 valence electrons. The summed E-state index contributed by atoms with van der Waals surface area (Å²) >= 11 is 9.42. The number of aromatic nitrogens is 2. The van der Waals surface area contributed by atoms with Crippen molar-refractivity contribution in [3.63, 3.8) is 0 Å². The van der Waals surface area contributed by atoms with Crippen LogP contribution in [0.15, 0.2) is 51.4 Å². The number of carbonyl (C=O) groups excluding carboxylic acids is 2. The van der Waals surface area contributed by atoms with Crippen LogP contribution in [0.3, 0.4) is 0 Å². The Morgan fingerprint density at radius 1 is 1.08 bits per heavy atom. The van der Waals surface area contributed by atoms with Crippen molar-refractivity contribution in [1.29, 1.82) is 0 Å². The topological polar surface area (TPSA) is 76.3 Å². The zero-order valence-corrected chi connectivity index (χ0v) is 14.9. The normalized spacial score (nSPS) is 13.4. The third-order valence-corrected chi connectivity index (χ3v) is 4.62. The SMILES string of the molecule is O=C1C(=O)N(Cc2nnc(-c3ccccc3Cl)o2)c2ccc(Br)cc21. The highest BCUT2D eigenvalue weighted by atomic mass is 79.9. The Bertz CT molecular complexity index is 1020. The van der Waals surface area contributed by atoms with Gasteiger partial charge in [-0.15, -0.1) is 10.2 Å². The van der Waals surface area contributed by atoms with Crippen molar-refractivity contribution < 1.29 is 14.0 Å². The maximum Gasteiger partial charge on any atom is 0.299 e. The number of benzene rings is 2. The molecule has 6 nitrogen and oxygen atoms in total. The van der Waals surface area contributed by atoms with E-state index in [-0.39, 0.29) is 18.3 Å². The summed E-state index contributed by atoms with van der Waals surface area (Å²) in [4.78, 5) is 25.7. The molecule has 0 fully saturated rings. The first-order valence-corrected chi connectivity index (χ1v) is 8.45. The van der Waals surface area contributed by atoms with E-state index in [1.165, 1.54) is 4.90 Å². The number of nitrogens with zero attached hydrogens (tertiary/aromatic N) is 3. The van der Waals surface area contributed by atoms with Crippen LogP contribution in [0.4, 0.5) is 5.69 Å². The molecule has 2 heterocycles. The van der Waals surface area contributed by atoms with Crippen molar-refractivity contribution in [2.75, 3.05) is 4.90 Å². The van der Waals surface area contributed by atoms with E-state index in [0.29, 0.717) is 21.8 Å². The minimum Gasteiger partial charge on any atom is -0.419 e. The van der Waals surface area contributed by atoms with Gasteiger partial charge >= 0.3 is 0 Å². The van der Waals surface area contributed by atoms with Crippen LogP contribution in [0.2, 0.25) is 5.02 Å². The van der Waals surface area contributed by atoms with Gasteiger partial charge in [0.05, 0.1) is 21.8 Å². The van der Waals surface area contributed by atoms with E-state index in [9.17, 15) is 9.59 Å². The van der Waals surface area contributed by atoms with Gasteiger partial charge in [0.2, 0.25) is 11.8 Å². The molecule has 0 radical (unpaired) electrons. The molecule has 1 aliphatic heterocycles. The van der Waals surface area contributed by atoms with Gasteiger partial charge in [-0.25, -0.2) is 0 Å². The van der Waals surface area contributed by atoms with Gasteiger partial charge < -0.3 is 4.42 Å². The first kappa shape index (κ1) is 16.0. The number of rotatable bonds is 3. The van der Waals surface area contributed by atoms with Gasteiger partial charge in [-0.05, 0) is 30.3 Å². The molecule has 0 saturated heterocycles. The minimum atomic E-state index is -0.620. The fourth-order valence-electron chi connectivity index (χ4n) is 2.63. The standard InChI is InChI=1S/C17H9BrClN3O3/c18-9-5-6-13-11(7-9)15(23)17(24)22(13)8-14-20-21-16(25-14)10-3-1-2-4-12(10)19/h1-7H,8H2. The molecule has 0 spiro atoms. The Hall–Kier alpha value is -2.51. The van der Waals surface area contributed by atoms with Crippen molar-refractivity contribution in [1.82, 2.24) is 10.2 Å². The Morgan fingerprint density at radius 3 is 2.68 bits per heavy atom. The molecule has 25 heavy (non-hydrogen) atoms. The summed E-state index contributed by atoms with van der Waals surface area (Å²) in [7, 11) is 0. The van der Waals surface area contributed by atoms with E-state index < -0.39 is 11.7 Å². The number of ketones is 1. The Morgan fingerprint density at radius 2 is 1.88 bits per heavy atom. The monoisotopic (exact) mass is 417 g/mol. The predicted molar refractivity (Wildman–Crippen MR) is 94.4 cm³/mol. The minimum absolute atomic E-state index is 0.0106. The van der Waals surface area contributed by atoms with Gasteiger partial charge in [0.25, 0.3) is 11.7 Å². The second-order valence-electron chi connectivity index (χ2n) is 5.36. The zero-order chi connectivity index (χ0) is 17.6. The van der Waals surface area contributed by atoms with Gasteiger partial charge in [0, 0.05) is 4.47 Å². The summed E-state index contributed by atoms with van der Waals surface area (Å²) in [5.41, 5.74) is 1.48. The van der Waals surface area contributed by atoms with Gasteiger partial charge in [-0.2, -0.15) is 0 Å². The van der Waals surface area contributed by atoms with Crippen LogP contribution in [0, 0.1) is 0 Å². The highest BCUT2D eigenvalue weighted by Gasteiger charge is 2.36. The molecule has 3 aromatic rings. The van der Waals surface area contributed by atoms with E-state index in [1.807, 2.05) is 6.07 Å². The van der Waals surface area contributed by atoms with Crippen molar-refractivity contribution in [2.24, 2.45) is 0 Å². The number of carbonyl (C=O) groups is 2. The maximum atomic E-state index is 12.3. The molecule has 0 unspecified atom stereocenters. The average molecular weight is 419 g/mol. The van der Waals surface area contributed by atoms with Crippen LogP contribution < -0.4 is 4.90 Å². The number of fused-ring (bicyclic) bond motifs is 1. The van der Waals surface area contributed by atoms with E-state index in [0.717, 1.165) is 4.47 Å². The Balaban J connectivity index is 1.65. The molecule has 8 heteroatoms. The summed E-state index contributed by atoms with van der Waals surface area (Å²) in [6, 6.07) is 12.2. The van der Waals surface area contributed by atoms with Crippen molar-refractivity contribution >= 4 is 44.9 Å². The molecule has 0 bridgehead atoms. The summed E-state index contributed by atoms with van der Waals surface area (Å²) in [6.07, 6.45) is 0. The first-order valence-electron chi connectivity index (χ1n) is 7.27. The van der Waals surface area contributed by atoms with E-state index in [2.05, 4.69) is 26.1 Å². The van der Waals surface area contributed by atoms with E-state index in [4.69, 9.17) is 16.0 Å². The lowest BCUT2D eigenvalue weighted by Crippen LogP contribution is -2.29. The van der Waals surface area contributed by atoms with Crippen LogP contribution in [0.1, 0.15) is 16.2 Å². The highest BCUT2D eigenvalue weighted by Crippen LogP contribution is 2.33. The second kappa shape index (κ2) is 6.09. The van der Waals surface area contributed by atoms with Gasteiger partial charge in [-0.1, -0.05) is 39.7 Å². The molecule has 0 saturated carbocycles. The Labute approximate surface area is 155 Å². The third-order valence-electron chi connectivity index (χ3n) is 3.80. The first-order chi connectivity index (χ1) is 12.0. The fraction of sp³-hybridized carbons (Fsp3) is 0.0588. The summed E-state index contributed by atoms with van der Waals surface area (Å²) in [6.45, 7) is 0.0106. The molecule has 0 atom stereocenters. The predicted octanol–water partition coefficient (Wildman–Crippen LogP) is 3.88. The quantitative estimate of drug-likeness (QED) is 0.603. The van der Waals surface area contributed by atoms with Crippen LogP contribution in [-0.2, 0) is 11.3 Å². The largest absolute Gasteiger partial charge is 0.419 e. The van der Waals surface area contributed by atoms with Crippen molar-refractivity contribution in [3.05, 3.63) is 63.4 Å². The van der Waals surface area contributed by atoms with E-state index in [1.54, 1.807) is 36.4 Å².